The van der Waals surface area contributed by atoms with E-state index >= 15 is 0 Å². The summed E-state index contributed by atoms with van der Waals surface area (Å²) in [5, 5.41) is 37.4. The molecule has 5 atom stereocenters. The van der Waals surface area contributed by atoms with Crippen molar-refractivity contribution in [3.63, 3.8) is 0 Å². The van der Waals surface area contributed by atoms with Gasteiger partial charge >= 0.3 is 0 Å². The molecular formula is C26H27BrN2O8. The molecule has 0 spiro atoms. The highest BCUT2D eigenvalue weighted by Gasteiger charge is 2.46. The van der Waals surface area contributed by atoms with Crippen molar-refractivity contribution in [2.45, 2.75) is 37.6 Å². The van der Waals surface area contributed by atoms with Gasteiger partial charge in [0.15, 0.2) is 0 Å². The quantitative estimate of drug-likeness (QED) is 0.288. The topological polar surface area (TPSA) is 147 Å². The summed E-state index contributed by atoms with van der Waals surface area (Å²) < 4.78 is 17.9. The Balaban J connectivity index is 1.75. The molecular weight excluding hydrogens is 548 g/mol. The van der Waals surface area contributed by atoms with Gasteiger partial charge in [-0.05, 0) is 47.2 Å². The smallest absolute Gasteiger partial charge is 0.259 e. The van der Waals surface area contributed by atoms with Crippen LogP contribution in [0.5, 0.6) is 11.5 Å². The molecule has 1 saturated heterocycles. The lowest BCUT2D eigenvalue weighted by Gasteiger charge is -2.42. The fourth-order valence-electron chi connectivity index (χ4n) is 4.16. The molecule has 2 amide bonds. The van der Waals surface area contributed by atoms with Crippen molar-refractivity contribution in [2.24, 2.45) is 0 Å². The predicted molar refractivity (Wildman–Crippen MR) is 139 cm³/mol. The van der Waals surface area contributed by atoms with Crippen molar-refractivity contribution in [3.05, 3.63) is 64.6 Å². The molecule has 196 valence electrons. The molecule has 3 aromatic rings. The Kier molecular flexibility index (Phi) is 8.30. The molecule has 1 fully saturated rings. The normalized spacial score (nSPS) is 23.4. The van der Waals surface area contributed by atoms with E-state index in [4.69, 9.17) is 14.2 Å². The van der Waals surface area contributed by atoms with Crippen LogP contribution >= 0.6 is 15.9 Å². The Bertz CT molecular complexity index is 1300. The lowest BCUT2D eigenvalue weighted by atomic mass is 9.96. The number of halogens is 1. The van der Waals surface area contributed by atoms with E-state index in [0.717, 1.165) is 15.2 Å². The number of amides is 2. The van der Waals surface area contributed by atoms with Gasteiger partial charge in [-0.2, -0.15) is 0 Å². The Labute approximate surface area is 221 Å². The van der Waals surface area contributed by atoms with E-state index < -0.39 is 49.1 Å². The molecule has 2 unspecified atom stereocenters. The van der Waals surface area contributed by atoms with Crippen LogP contribution in [0.4, 0.5) is 5.69 Å². The highest BCUT2D eigenvalue weighted by Crippen LogP contribution is 2.33. The molecule has 11 heteroatoms. The number of hydrogen-bond donors (Lipinski definition) is 5. The van der Waals surface area contributed by atoms with Gasteiger partial charge in [0.2, 0.25) is 12.2 Å². The highest BCUT2D eigenvalue weighted by molar-refractivity contribution is 9.10. The average Bonchev–Trinajstić information content (AvgIpc) is 2.88. The first-order valence-corrected chi connectivity index (χ1v) is 12.2. The fourth-order valence-corrected chi connectivity index (χ4v) is 4.54. The number of carbonyl (C=O) groups is 2. The van der Waals surface area contributed by atoms with Crippen LogP contribution in [-0.2, 0) is 9.53 Å². The number of aliphatic hydroxyl groups is 3. The minimum atomic E-state index is -1.50. The summed E-state index contributed by atoms with van der Waals surface area (Å²) in [5.41, 5.74) is 0.585. The van der Waals surface area contributed by atoms with Gasteiger partial charge in [0.25, 0.3) is 5.91 Å². The van der Waals surface area contributed by atoms with Gasteiger partial charge in [0, 0.05) is 11.4 Å². The predicted octanol–water partition coefficient (Wildman–Crippen LogP) is 2.19. The Morgan fingerprint density at radius 2 is 1.78 bits per heavy atom. The van der Waals surface area contributed by atoms with E-state index in [1.54, 1.807) is 36.4 Å². The van der Waals surface area contributed by atoms with Crippen LogP contribution in [-0.4, -0.2) is 71.5 Å². The van der Waals surface area contributed by atoms with Gasteiger partial charge < -0.3 is 40.2 Å². The molecule has 1 heterocycles. The molecule has 10 nitrogen and oxygen atoms in total. The molecule has 3 aromatic carbocycles. The van der Waals surface area contributed by atoms with Crippen molar-refractivity contribution in [3.8, 4) is 11.5 Å². The molecule has 0 radical (unpaired) electrons. The molecule has 37 heavy (non-hydrogen) atoms. The van der Waals surface area contributed by atoms with E-state index in [1.165, 1.54) is 14.0 Å². The molecule has 5 N–H and O–H groups in total. The number of ether oxygens (including phenoxy) is 3. The summed E-state index contributed by atoms with van der Waals surface area (Å²) in [6.07, 6.45) is -5.47. The molecule has 0 bridgehead atoms. The number of methoxy groups -OCH3 is 1. The second kappa shape index (κ2) is 11.4. The number of fused-ring (bicyclic) bond motifs is 1. The van der Waals surface area contributed by atoms with E-state index in [2.05, 4.69) is 26.6 Å². The zero-order valence-corrected chi connectivity index (χ0v) is 21.6. The van der Waals surface area contributed by atoms with E-state index in [0.29, 0.717) is 11.4 Å². The van der Waals surface area contributed by atoms with Crippen LogP contribution in [0.25, 0.3) is 10.8 Å². The monoisotopic (exact) mass is 574 g/mol. The SMILES string of the molecule is COc1ccccc1NC(=O)c1cc2cc(Br)ccc2cc1O[C@@H]1OC(CO)[C@H](O)[C@@H](O)C1NC(C)=O. The van der Waals surface area contributed by atoms with Crippen LogP contribution in [0, 0.1) is 0 Å². The molecule has 1 aliphatic rings. The second-order valence-corrected chi connectivity index (χ2v) is 9.46. The van der Waals surface area contributed by atoms with Crippen LogP contribution in [0.2, 0.25) is 0 Å². The molecule has 1 aliphatic heterocycles. The van der Waals surface area contributed by atoms with Crippen LogP contribution < -0.4 is 20.1 Å². The van der Waals surface area contributed by atoms with Gasteiger partial charge in [-0.1, -0.05) is 34.1 Å². The van der Waals surface area contributed by atoms with E-state index in [9.17, 15) is 24.9 Å². The Morgan fingerprint density at radius 1 is 1.03 bits per heavy atom. The van der Waals surface area contributed by atoms with Crippen molar-refractivity contribution >= 4 is 44.2 Å². The van der Waals surface area contributed by atoms with Gasteiger partial charge in [-0.3, -0.25) is 9.59 Å². The van der Waals surface area contributed by atoms with Crippen LogP contribution in [0.3, 0.4) is 0 Å². The third-order valence-corrected chi connectivity index (χ3v) is 6.49. The van der Waals surface area contributed by atoms with E-state index in [-0.39, 0.29) is 11.3 Å². The number of rotatable bonds is 7. The third-order valence-electron chi connectivity index (χ3n) is 5.99. The zero-order chi connectivity index (χ0) is 26.7. The van der Waals surface area contributed by atoms with Gasteiger partial charge in [0.05, 0.1) is 25.0 Å². The summed E-state index contributed by atoms with van der Waals surface area (Å²) in [6.45, 7) is 0.645. The number of para-hydroxylation sites is 2. The van der Waals surface area contributed by atoms with Crippen molar-refractivity contribution in [1.29, 1.82) is 0 Å². The number of carbonyl (C=O) groups excluding carboxylic acids is 2. The largest absolute Gasteiger partial charge is 0.495 e. The van der Waals surface area contributed by atoms with E-state index in [1.807, 2.05) is 18.2 Å². The van der Waals surface area contributed by atoms with Crippen molar-refractivity contribution in [2.75, 3.05) is 19.0 Å². The summed E-state index contributed by atoms with van der Waals surface area (Å²) >= 11 is 3.44. The fraction of sp³-hybridized carbons (Fsp3) is 0.308. The summed E-state index contributed by atoms with van der Waals surface area (Å²) in [4.78, 5) is 25.3. The summed E-state index contributed by atoms with van der Waals surface area (Å²) in [5.74, 6) is -0.435. The minimum absolute atomic E-state index is 0.0999. The van der Waals surface area contributed by atoms with Gasteiger partial charge in [-0.25, -0.2) is 0 Å². The highest BCUT2D eigenvalue weighted by atomic mass is 79.9. The zero-order valence-electron chi connectivity index (χ0n) is 20.1. The maximum atomic E-state index is 13.5. The summed E-state index contributed by atoms with van der Waals surface area (Å²) in [6, 6.07) is 14.5. The number of hydrogen-bond acceptors (Lipinski definition) is 8. The lowest BCUT2D eigenvalue weighted by molar-refractivity contribution is -0.244. The molecule has 0 saturated carbocycles. The third kappa shape index (κ3) is 5.86. The van der Waals surface area contributed by atoms with Crippen LogP contribution in [0.1, 0.15) is 17.3 Å². The van der Waals surface area contributed by atoms with Gasteiger partial charge in [0.1, 0.15) is 35.9 Å². The number of aliphatic hydroxyl groups excluding tert-OH is 3. The van der Waals surface area contributed by atoms with Crippen LogP contribution in [0.15, 0.2) is 59.1 Å². The number of nitrogens with one attached hydrogen (secondary N) is 2. The first-order chi connectivity index (χ1) is 17.7. The van der Waals surface area contributed by atoms with Crippen molar-refractivity contribution in [1.82, 2.24) is 5.32 Å². The molecule has 4 rings (SSSR count). The lowest BCUT2D eigenvalue weighted by Crippen LogP contribution is -2.65. The molecule has 0 aromatic heterocycles. The number of anilines is 1. The average molecular weight is 575 g/mol. The maximum absolute atomic E-state index is 13.5. The maximum Gasteiger partial charge on any atom is 0.259 e. The number of benzene rings is 3. The summed E-state index contributed by atoms with van der Waals surface area (Å²) in [7, 11) is 1.49. The standard InChI is InChI=1S/C26H27BrN2O8/c1-13(31)28-22-24(33)23(32)21(12-30)37-26(22)36-20-11-14-7-8-16(27)9-15(14)10-17(20)25(34)29-18-5-3-4-6-19(18)35-2/h3-11,21-24,26,30,32-33H,12H2,1-2H3,(H,28,31)(H,29,34)/t21?,22?,23-,24-,26+/m0/s1. The second-order valence-electron chi connectivity index (χ2n) is 8.55. The van der Waals surface area contributed by atoms with Gasteiger partial charge in [-0.15, -0.1) is 0 Å². The Hall–Kier alpha value is -3.22. The first kappa shape index (κ1) is 26.8. The Morgan fingerprint density at radius 3 is 2.49 bits per heavy atom. The first-order valence-electron chi connectivity index (χ1n) is 11.5. The molecule has 0 aliphatic carbocycles. The van der Waals surface area contributed by atoms with Crippen molar-refractivity contribution < 1.29 is 39.1 Å². The minimum Gasteiger partial charge on any atom is -0.495 e.